The Morgan fingerprint density at radius 1 is 1.38 bits per heavy atom. The van der Waals surface area contributed by atoms with E-state index in [-0.39, 0.29) is 11.8 Å². The molecular formula is C17H23N3O4. The highest BCUT2D eigenvalue weighted by atomic mass is 16.6. The molecule has 130 valence electrons. The number of nitrogens with one attached hydrogen (secondary N) is 1. The van der Waals surface area contributed by atoms with Crippen LogP contribution in [0, 0.1) is 10.1 Å². The minimum absolute atomic E-state index is 0.0491. The lowest BCUT2D eigenvalue weighted by Crippen LogP contribution is -2.39. The molecule has 2 rings (SSSR count). The molecule has 0 aliphatic carbocycles. The van der Waals surface area contributed by atoms with Gasteiger partial charge in [-0.2, -0.15) is 0 Å². The predicted molar refractivity (Wildman–Crippen MR) is 93.0 cm³/mol. The zero-order valence-electron chi connectivity index (χ0n) is 14.5. The molecule has 1 heterocycles. The molecule has 7 heteroatoms. The lowest BCUT2D eigenvalue weighted by Gasteiger charge is -2.29. The predicted octanol–water partition coefficient (Wildman–Crippen LogP) is 3.66. The SMILES string of the molecule is CNc1cc(C2=CCN(C(=O)OC(C)(C)C)CC2)ccc1[N+](=O)[O-]. The van der Waals surface area contributed by atoms with Crippen LogP contribution in [0.4, 0.5) is 16.2 Å². The molecule has 1 aromatic rings. The molecule has 1 amide bonds. The third-order valence-corrected chi connectivity index (χ3v) is 3.69. The van der Waals surface area contributed by atoms with Crippen LogP contribution in [0.5, 0.6) is 0 Å². The maximum absolute atomic E-state index is 12.1. The Balaban J connectivity index is 2.13. The van der Waals surface area contributed by atoms with Crippen molar-refractivity contribution in [1.29, 1.82) is 0 Å². The van der Waals surface area contributed by atoms with Crippen LogP contribution in [0.1, 0.15) is 32.8 Å². The molecule has 1 N–H and O–H groups in total. The maximum Gasteiger partial charge on any atom is 0.410 e. The molecule has 1 aliphatic heterocycles. The Bertz CT molecular complexity index is 677. The van der Waals surface area contributed by atoms with Crippen molar-refractivity contribution in [2.24, 2.45) is 0 Å². The second-order valence-corrected chi connectivity index (χ2v) is 6.64. The van der Waals surface area contributed by atoms with Crippen molar-refractivity contribution in [3.63, 3.8) is 0 Å². The highest BCUT2D eigenvalue weighted by Gasteiger charge is 2.24. The normalized spacial score (nSPS) is 14.8. The van der Waals surface area contributed by atoms with Gasteiger partial charge in [0.05, 0.1) is 4.92 Å². The summed E-state index contributed by atoms with van der Waals surface area (Å²) in [6, 6.07) is 5.02. The van der Waals surface area contributed by atoms with Crippen LogP contribution in [0.15, 0.2) is 24.3 Å². The van der Waals surface area contributed by atoms with E-state index in [1.165, 1.54) is 6.07 Å². The minimum atomic E-state index is -0.513. The van der Waals surface area contributed by atoms with Crippen LogP contribution in [-0.2, 0) is 4.74 Å². The van der Waals surface area contributed by atoms with E-state index >= 15 is 0 Å². The van der Waals surface area contributed by atoms with Crippen molar-refractivity contribution >= 4 is 23.0 Å². The summed E-state index contributed by atoms with van der Waals surface area (Å²) in [4.78, 5) is 24.3. The summed E-state index contributed by atoms with van der Waals surface area (Å²) in [7, 11) is 1.66. The van der Waals surface area contributed by atoms with Gasteiger partial charge in [-0.3, -0.25) is 10.1 Å². The summed E-state index contributed by atoms with van der Waals surface area (Å²) < 4.78 is 5.37. The number of benzene rings is 1. The van der Waals surface area contributed by atoms with Crippen molar-refractivity contribution < 1.29 is 14.5 Å². The number of amides is 1. The third-order valence-electron chi connectivity index (χ3n) is 3.69. The molecule has 0 fully saturated rings. The summed E-state index contributed by atoms with van der Waals surface area (Å²) >= 11 is 0. The van der Waals surface area contributed by atoms with Crippen LogP contribution >= 0.6 is 0 Å². The number of carbonyl (C=O) groups excluding carboxylic acids is 1. The number of carbonyl (C=O) groups is 1. The van der Waals surface area contributed by atoms with Crippen molar-refractivity contribution in [1.82, 2.24) is 4.90 Å². The lowest BCUT2D eigenvalue weighted by molar-refractivity contribution is -0.383. The van der Waals surface area contributed by atoms with Gasteiger partial charge in [-0.05, 0) is 50.5 Å². The first-order valence-corrected chi connectivity index (χ1v) is 7.85. The number of anilines is 1. The number of nitro groups is 1. The fourth-order valence-corrected chi connectivity index (χ4v) is 2.52. The van der Waals surface area contributed by atoms with E-state index in [2.05, 4.69) is 5.32 Å². The highest BCUT2D eigenvalue weighted by molar-refractivity contribution is 5.76. The molecule has 0 saturated heterocycles. The summed E-state index contributed by atoms with van der Waals surface area (Å²) in [5.74, 6) is 0. The van der Waals surface area contributed by atoms with Crippen molar-refractivity contribution in [3.05, 3.63) is 40.0 Å². The van der Waals surface area contributed by atoms with Gasteiger partial charge in [-0.25, -0.2) is 4.79 Å². The molecule has 1 aliphatic rings. The first-order valence-electron chi connectivity index (χ1n) is 7.85. The monoisotopic (exact) mass is 333 g/mol. The Hall–Kier alpha value is -2.57. The van der Waals surface area contributed by atoms with E-state index in [1.807, 2.05) is 26.8 Å². The van der Waals surface area contributed by atoms with Gasteiger partial charge >= 0.3 is 6.09 Å². The molecule has 0 radical (unpaired) electrons. The molecule has 0 saturated carbocycles. The standard InChI is InChI=1S/C17H23N3O4/c1-17(2,3)24-16(21)19-9-7-12(8-10-19)13-5-6-15(20(22)23)14(11-13)18-4/h5-7,11,18H,8-10H2,1-4H3. The fraction of sp³-hybridized carbons (Fsp3) is 0.471. The summed E-state index contributed by atoms with van der Waals surface area (Å²) in [5, 5.41) is 13.8. The Kier molecular flexibility index (Phi) is 5.11. The van der Waals surface area contributed by atoms with Crippen LogP contribution in [0.2, 0.25) is 0 Å². The first kappa shape index (κ1) is 17.8. The molecule has 7 nitrogen and oxygen atoms in total. The summed E-state index contributed by atoms with van der Waals surface area (Å²) in [5.41, 5.74) is 2.01. The Labute approximate surface area is 141 Å². The average molecular weight is 333 g/mol. The Morgan fingerprint density at radius 3 is 2.58 bits per heavy atom. The zero-order valence-corrected chi connectivity index (χ0v) is 14.5. The molecule has 0 atom stereocenters. The highest BCUT2D eigenvalue weighted by Crippen LogP contribution is 2.30. The number of nitrogens with zero attached hydrogens (tertiary/aromatic N) is 2. The average Bonchev–Trinajstić information content (AvgIpc) is 2.52. The fourth-order valence-electron chi connectivity index (χ4n) is 2.52. The van der Waals surface area contributed by atoms with E-state index in [9.17, 15) is 14.9 Å². The number of nitro benzene ring substituents is 1. The molecule has 1 aromatic carbocycles. The summed E-state index contributed by atoms with van der Waals surface area (Å²) in [6.45, 7) is 6.55. The maximum atomic E-state index is 12.1. The number of hydrogen-bond donors (Lipinski definition) is 1. The Morgan fingerprint density at radius 2 is 2.08 bits per heavy atom. The van der Waals surface area contributed by atoms with Gasteiger partial charge < -0.3 is 15.0 Å². The van der Waals surface area contributed by atoms with Crippen molar-refractivity contribution in [2.75, 3.05) is 25.5 Å². The van der Waals surface area contributed by atoms with Crippen LogP contribution in [0.3, 0.4) is 0 Å². The molecular weight excluding hydrogens is 310 g/mol. The van der Waals surface area contributed by atoms with E-state index < -0.39 is 10.5 Å². The van der Waals surface area contributed by atoms with Gasteiger partial charge in [0.1, 0.15) is 11.3 Å². The molecule has 0 unspecified atom stereocenters. The van der Waals surface area contributed by atoms with E-state index in [1.54, 1.807) is 24.1 Å². The van der Waals surface area contributed by atoms with Gasteiger partial charge in [0.15, 0.2) is 0 Å². The number of rotatable bonds is 3. The second-order valence-electron chi connectivity index (χ2n) is 6.64. The quantitative estimate of drug-likeness (QED) is 0.674. The smallest absolute Gasteiger partial charge is 0.410 e. The number of ether oxygens (including phenoxy) is 1. The van der Waals surface area contributed by atoms with Gasteiger partial charge in [-0.15, -0.1) is 0 Å². The van der Waals surface area contributed by atoms with Crippen molar-refractivity contribution in [3.8, 4) is 0 Å². The van der Waals surface area contributed by atoms with Crippen LogP contribution in [-0.4, -0.2) is 41.7 Å². The molecule has 0 bridgehead atoms. The van der Waals surface area contributed by atoms with Crippen molar-refractivity contribution in [2.45, 2.75) is 32.8 Å². The minimum Gasteiger partial charge on any atom is -0.444 e. The van der Waals surface area contributed by atoms with E-state index in [0.29, 0.717) is 25.2 Å². The van der Waals surface area contributed by atoms with Gasteiger partial charge in [0.2, 0.25) is 0 Å². The lowest BCUT2D eigenvalue weighted by atomic mass is 9.98. The third kappa shape index (κ3) is 4.24. The van der Waals surface area contributed by atoms with E-state index in [4.69, 9.17) is 4.74 Å². The summed E-state index contributed by atoms with van der Waals surface area (Å²) in [6.07, 6.45) is 2.33. The van der Waals surface area contributed by atoms with Crippen LogP contribution < -0.4 is 5.32 Å². The van der Waals surface area contributed by atoms with Gasteiger partial charge in [-0.1, -0.05) is 6.08 Å². The molecule has 0 aromatic heterocycles. The topological polar surface area (TPSA) is 84.7 Å². The van der Waals surface area contributed by atoms with Crippen LogP contribution in [0.25, 0.3) is 5.57 Å². The first-order chi connectivity index (χ1) is 11.2. The van der Waals surface area contributed by atoms with Gasteiger partial charge in [0, 0.05) is 26.2 Å². The van der Waals surface area contributed by atoms with Gasteiger partial charge in [0.25, 0.3) is 5.69 Å². The van der Waals surface area contributed by atoms with E-state index in [0.717, 1.165) is 11.1 Å². The number of hydrogen-bond acceptors (Lipinski definition) is 5. The largest absolute Gasteiger partial charge is 0.444 e. The molecule has 24 heavy (non-hydrogen) atoms. The second kappa shape index (κ2) is 6.90. The molecule has 0 spiro atoms. The zero-order chi connectivity index (χ0) is 17.9.